The molecule has 2 aromatic rings. The van der Waals surface area contributed by atoms with Crippen LogP contribution >= 0.6 is 22.6 Å². The number of rotatable bonds is 6. The van der Waals surface area contributed by atoms with Crippen LogP contribution in [-0.4, -0.2) is 12.5 Å². The van der Waals surface area contributed by atoms with E-state index in [1.54, 1.807) is 6.08 Å². The Balaban J connectivity index is 2.13. The Morgan fingerprint density at radius 1 is 1.28 bits per heavy atom. The van der Waals surface area contributed by atoms with Crippen LogP contribution in [0.15, 0.2) is 48.0 Å². The quantitative estimate of drug-likeness (QED) is 0.389. The summed E-state index contributed by atoms with van der Waals surface area (Å²) in [4.78, 5) is 12.4. The number of aryl methyl sites for hydroxylation is 1. The maximum absolute atomic E-state index is 12.4. The van der Waals surface area contributed by atoms with E-state index >= 15 is 0 Å². The molecule has 0 aliphatic rings. The van der Waals surface area contributed by atoms with E-state index in [2.05, 4.69) is 27.9 Å². The number of ether oxygens (including phenoxy) is 1. The predicted molar refractivity (Wildman–Crippen MR) is 108 cm³/mol. The van der Waals surface area contributed by atoms with Crippen LogP contribution in [0, 0.1) is 21.8 Å². The molecule has 2 aromatic carbocycles. The summed E-state index contributed by atoms with van der Waals surface area (Å²) in [5, 5.41) is 12.1. The van der Waals surface area contributed by atoms with Crippen molar-refractivity contribution in [2.75, 3.05) is 11.9 Å². The molecule has 0 heterocycles. The number of benzene rings is 2. The molecule has 1 amide bonds. The first-order valence-corrected chi connectivity index (χ1v) is 9.03. The maximum Gasteiger partial charge on any atom is 0.266 e. The molecule has 25 heavy (non-hydrogen) atoms. The molecule has 0 radical (unpaired) electrons. The van der Waals surface area contributed by atoms with Gasteiger partial charge in [-0.3, -0.25) is 4.79 Å². The zero-order valence-electron chi connectivity index (χ0n) is 14.2. The second-order valence-corrected chi connectivity index (χ2v) is 6.75. The second-order valence-electron chi connectivity index (χ2n) is 5.50. The van der Waals surface area contributed by atoms with Crippen LogP contribution in [0.5, 0.6) is 5.75 Å². The van der Waals surface area contributed by atoms with Crippen molar-refractivity contribution in [3.63, 3.8) is 0 Å². The van der Waals surface area contributed by atoms with Gasteiger partial charge in [0.2, 0.25) is 0 Å². The molecule has 0 bridgehead atoms. The van der Waals surface area contributed by atoms with Crippen LogP contribution in [0.1, 0.15) is 24.5 Å². The van der Waals surface area contributed by atoms with Gasteiger partial charge in [-0.05, 0) is 83.5 Å². The minimum atomic E-state index is -0.418. The van der Waals surface area contributed by atoms with Crippen LogP contribution in [0.4, 0.5) is 5.69 Å². The molecule has 0 unspecified atom stereocenters. The number of hydrogen-bond donors (Lipinski definition) is 1. The van der Waals surface area contributed by atoms with Crippen molar-refractivity contribution in [3.8, 4) is 11.8 Å². The lowest BCUT2D eigenvalue weighted by Crippen LogP contribution is -2.14. The van der Waals surface area contributed by atoms with Crippen LogP contribution in [-0.2, 0) is 4.79 Å². The third-order valence-corrected chi connectivity index (χ3v) is 4.14. The highest BCUT2D eigenvalue weighted by Gasteiger charge is 2.11. The topological polar surface area (TPSA) is 62.1 Å². The van der Waals surface area contributed by atoms with Crippen LogP contribution in [0.3, 0.4) is 0 Å². The Kier molecular flexibility index (Phi) is 7.02. The van der Waals surface area contributed by atoms with Crippen molar-refractivity contribution >= 4 is 40.3 Å². The van der Waals surface area contributed by atoms with E-state index in [0.29, 0.717) is 12.3 Å². The van der Waals surface area contributed by atoms with Crippen molar-refractivity contribution < 1.29 is 9.53 Å². The Morgan fingerprint density at radius 3 is 2.60 bits per heavy atom. The monoisotopic (exact) mass is 446 g/mol. The smallest absolute Gasteiger partial charge is 0.266 e. The Hall–Kier alpha value is -2.33. The summed E-state index contributed by atoms with van der Waals surface area (Å²) in [7, 11) is 0. The predicted octanol–water partition coefficient (Wildman–Crippen LogP) is 4.93. The molecular formula is C20H19IN2O2. The summed E-state index contributed by atoms with van der Waals surface area (Å²) in [5.74, 6) is 0.356. The number of anilines is 1. The number of nitriles is 1. The van der Waals surface area contributed by atoms with E-state index < -0.39 is 5.91 Å². The van der Waals surface area contributed by atoms with E-state index in [4.69, 9.17) is 4.74 Å². The van der Waals surface area contributed by atoms with Gasteiger partial charge in [0, 0.05) is 9.26 Å². The van der Waals surface area contributed by atoms with Gasteiger partial charge in [-0.2, -0.15) is 5.26 Å². The van der Waals surface area contributed by atoms with E-state index in [1.807, 2.05) is 62.4 Å². The number of amides is 1. The molecule has 0 saturated carbocycles. The van der Waals surface area contributed by atoms with Crippen LogP contribution in [0.25, 0.3) is 6.08 Å². The Morgan fingerprint density at radius 2 is 2.00 bits per heavy atom. The zero-order chi connectivity index (χ0) is 18.2. The molecule has 0 aromatic heterocycles. The van der Waals surface area contributed by atoms with Gasteiger partial charge in [0.25, 0.3) is 5.91 Å². The fraction of sp³-hybridized carbons (Fsp3) is 0.200. The fourth-order valence-corrected chi connectivity index (χ4v) is 2.80. The highest BCUT2D eigenvalue weighted by molar-refractivity contribution is 14.1. The first-order valence-electron chi connectivity index (χ1n) is 7.95. The van der Waals surface area contributed by atoms with E-state index in [9.17, 15) is 10.1 Å². The van der Waals surface area contributed by atoms with Crippen molar-refractivity contribution in [1.82, 2.24) is 0 Å². The highest BCUT2D eigenvalue weighted by Crippen LogP contribution is 2.19. The number of carbonyl (C=O) groups excluding carboxylic acids is 1. The summed E-state index contributed by atoms with van der Waals surface area (Å²) >= 11 is 2.22. The fourth-order valence-electron chi connectivity index (χ4n) is 2.15. The molecule has 1 N–H and O–H groups in total. The number of halogens is 1. The third-order valence-electron chi connectivity index (χ3n) is 3.47. The largest absolute Gasteiger partial charge is 0.494 e. The average Bonchev–Trinajstić information content (AvgIpc) is 2.61. The molecule has 0 saturated heterocycles. The molecule has 0 atom stereocenters. The molecular weight excluding hydrogens is 427 g/mol. The lowest BCUT2D eigenvalue weighted by Gasteiger charge is -2.08. The minimum absolute atomic E-state index is 0.0557. The standard InChI is InChI=1S/C20H19IN2O2/c1-3-10-25-18-7-4-15(5-8-18)12-16(13-22)20(24)23-19-9-6-17(21)11-14(19)2/h4-9,11-12H,3,10H2,1-2H3,(H,23,24)/b16-12+. The molecule has 0 spiro atoms. The van der Waals surface area contributed by atoms with Gasteiger partial charge >= 0.3 is 0 Å². The van der Waals surface area contributed by atoms with E-state index in [1.165, 1.54) is 0 Å². The molecule has 0 aliphatic carbocycles. The van der Waals surface area contributed by atoms with Gasteiger partial charge in [-0.15, -0.1) is 0 Å². The molecule has 0 aliphatic heterocycles. The third kappa shape index (κ3) is 5.61. The maximum atomic E-state index is 12.4. The number of nitrogens with zero attached hydrogens (tertiary/aromatic N) is 1. The minimum Gasteiger partial charge on any atom is -0.494 e. The van der Waals surface area contributed by atoms with Gasteiger partial charge in [0.15, 0.2) is 0 Å². The van der Waals surface area contributed by atoms with Crippen molar-refractivity contribution in [3.05, 3.63) is 62.7 Å². The Labute approximate surface area is 161 Å². The summed E-state index contributed by atoms with van der Waals surface area (Å²) in [6, 6.07) is 15.0. The summed E-state index contributed by atoms with van der Waals surface area (Å²) in [6.45, 7) is 4.63. The first kappa shape index (κ1) is 19.0. The summed E-state index contributed by atoms with van der Waals surface area (Å²) < 4.78 is 6.62. The van der Waals surface area contributed by atoms with Gasteiger partial charge in [0.1, 0.15) is 17.4 Å². The molecule has 128 valence electrons. The van der Waals surface area contributed by atoms with Crippen molar-refractivity contribution in [1.29, 1.82) is 5.26 Å². The number of nitrogens with one attached hydrogen (secondary N) is 1. The second kappa shape index (κ2) is 9.23. The number of carbonyl (C=O) groups is 1. The lowest BCUT2D eigenvalue weighted by molar-refractivity contribution is -0.112. The summed E-state index contributed by atoms with van der Waals surface area (Å²) in [6.07, 6.45) is 2.51. The zero-order valence-corrected chi connectivity index (χ0v) is 16.3. The highest BCUT2D eigenvalue weighted by atomic mass is 127. The lowest BCUT2D eigenvalue weighted by atomic mass is 10.1. The van der Waals surface area contributed by atoms with Crippen molar-refractivity contribution in [2.24, 2.45) is 0 Å². The van der Waals surface area contributed by atoms with Crippen molar-refractivity contribution in [2.45, 2.75) is 20.3 Å². The molecule has 0 fully saturated rings. The van der Waals surface area contributed by atoms with Crippen LogP contribution in [0.2, 0.25) is 0 Å². The first-order chi connectivity index (χ1) is 12.0. The summed E-state index contributed by atoms with van der Waals surface area (Å²) in [5.41, 5.74) is 2.49. The molecule has 5 heteroatoms. The molecule has 4 nitrogen and oxygen atoms in total. The normalized spacial score (nSPS) is 10.9. The van der Waals surface area contributed by atoms with E-state index in [0.717, 1.165) is 26.9 Å². The van der Waals surface area contributed by atoms with Gasteiger partial charge in [0.05, 0.1) is 6.61 Å². The van der Waals surface area contributed by atoms with Crippen LogP contribution < -0.4 is 10.1 Å². The van der Waals surface area contributed by atoms with Gasteiger partial charge < -0.3 is 10.1 Å². The average molecular weight is 446 g/mol. The van der Waals surface area contributed by atoms with Gasteiger partial charge in [-0.25, -0.2) is 0 Å². The SMILES string of the molecule is CCCOc1ccc(/C=C(\C#N)C(=O)Nc2ccc(I)cc2C)cc1. The number of hydrogen-bond acceptors (Lipinski definition) is 3. The Bertz CT molecular complexity index is 821. The van der Waals surface area contributed by atoms with E-state index in [-0.39, 0.29) is 5.57 Å². The van der Waals surface area contributed by atoms with Gasteiger partial charge in [-0.1, -0.05) is 19.1 Å². The molecule has 2 rings (SSSR count).